The van der Waals surface area contributed by atoms with Crippen molar-refractivity contribution in [3.8, 4) is 17.2 Å². The molecule has 38 heavy (non-hydrogen) atoms. The summed E-state index contributed by atoms with van der Waals surface area (Å²) in [6.45, 7) is 19.8. The van der Waals surface area contributed by atoms with E-state index in [0.29, 0.717) is 11.3 Å². The minimum absolute atomic E-state index is 0.0990. The lowest BCUT2D eigenvalue weighted by atomic mass is 9.88. The minimum Gasteiger partial charge on any atom is -0.423 e. The summed E-state index contributed by atoms with van der Waals surface area (Å²) >= 11 is 0. The second-order valence-corrected chi connectivity index (χ2v) is 9.17. The molecule has 0 heterocycles. The Labute approximate surface area is 225 Å². The Kier molecular flexibility index (Phi) is 11.0. The molecule has 2 aromatic carbocycles. The van der Waals surface area contributed by atoms with Gasteiger partial charge in [-0.3, -0.25) is 0 Å². The molecule has 0 unspecified atom stereocenters. The number of carbonyl (C=O) groups is 3. The van der Waals surface area contributed by atoms with Crippen molar-refractivity contribution in [2.24, 2.45) is 0 Å². The molecular formula is C32H36O6. The molecule has 0 aliphatic carbocycles. The molecule has 0 N–H and O–H groups in total. The van der Waals surface area contributed by atoms with Crippen molar-refractivity contribution < 1.29 is 28.6 Å². The van der Waals surface area contributed by atoms with Gasteiger partial charge >= 0.3 is 17.9 Å². The number of carbonyl (C=O) groups excluding carboxylic acids is 3. The highest BCUT2D eigenvalue weighted by Gasteiger charge is 2.19. The third-order valence-corrected chi connectivity index (χ3v) is 5.49. The van der Waals surface area contributed by atoms with Crippen LogP contribution in [0.4, 0.5) is 0 Å². The Balaban J connectivity index is 2.68. The van der Waals surface area contributed by atoms with E-state index in [2.05, 4.69) is 33.6 Å². The number of ether oxygens (including phenoxy) is 3. The first-order chi connectivity index (χ1) is 18.0. The lowest BCUT2D eigenvalue weighted by molar-refractivity contribution is -0.132. The Morgan fingerprint density at radius 2 is 1.08 bits per heavy atom. The van der Waals surface area contributed by atoms with Crippen LogP contribution in [0.5, 0.6) is 17.2 Å². The van der Waals surface area contributed by atoms with Crippen LogP contribution in [0.15, 0.2) is 84.5 Å². The lowest BCUT2D eigenvalue weighted by Crippen LogP contribution is -2.13. The van der Waals surface area contributed by atoms with Crippen molar-refractivity contribution >= 4 is 23.5 Å². The van der Waals surface area contributed by atoms with E-state index < -0.39 is 17.9 Å². The zero-order valence-corrected chi connectivity index (χ0v) is 22.9. The van der Waals surface area contributed by atoms with Gasteiger partial charge in [-0.05, 0) is 74.6 Å². The van der Waals surface area contributed by atoms with Gasteiger partial charge in [0, 0.05) is 16.7 Å². The van der Waals surface area contributed by atoms with Gasteiger partial charge in [-0.1, -0.05) is 70.2 Å². The highest BCUT2D eigenvalue weighted by Crippen LogP contribution is 2.38. The Bertz CT molecular complexity index is 1270. The zero-order chi connectivity index (χ0) is 28.4. The standard InChI is InChI=1S/C32H36O6/c1-9-11-23(12-10-2)29(24-13-16-26(17-14-24)36-30(33)20(3)4)25-15-18-27(37-31(34)21(5)6)28(19-25)38-32(35)22(7)8/h13-19H,3,5,7,9-12H2,1-2,4,6,8H3. The number of allylic oxidation sites excluding steroid dienone is 1. The van der Waals surface area contributed by atoms with Gasteiger partial charge in [-0.25, -0.2) is 14.4 Å². The van der Waals surface area contributed by atoms with Crippen molar-refractivity contribution in [3.63, 3.8) is 0 Å². The maximum absolute atomic E-state index is 12.4. The quantitative estimate of drug-likeness (QED) is 0.165. The van der Waals surface area contributed by atoms with Crippen molar-refractivity contribution in [3.05, 3.63) is 95.6 Å². The minimum atomic E-state index is -0.633. The zero-order valence-electron chi connectivity index (χ0n) is 22.9. The van der Waals surface area contributed by atoms with E-state index in [1.54, 1.807) is 38.1 Å². The van der Waals surface area contributed by atoms with Crippen LogP contribution in [0.2, 0.25) is 0 Å². The molecule has 0 fully saturated rings. The fourth-order valence-electron chi connectivity index (χ4n) is 3.64. The number of esters is 3. The van der Waals surface area contributed by atoms with Gasteiger partial charge in [0.15, 0.2) is 11.5 Å². The molecule has 2 rings (SSSR count). The first kappa shape index (κ1) is 30.0. The normalized spacial score (nSPS) is 10.2. The number of benzene rings is 2. The van der Waals surface area contributed by atoms with Crippen LogP contribution in [0.25, 0.3) is 5.57 Å². The number of hydrogen-bond donors (Lipinski definition) is 0. The molecule has 0 bridgehead atoms. The second kappa shape index (κ2) is 13.9. The van der Waals surface area contributed by atoms with Crippen LogP contribution < -0.4 is 14.2 Å². The van der Waals surface area contributed by atoms with Gasteiger partial charge in [-0.2, -0.15) is 0 Å². The monoisotopic (exact) mass is 516 g/mol. The van der Waals surface area contributed by atoms with E-state index in [9.17, 15) is 14.4 Å². The summed E-state index contributed by atoms with van der Waals surface area (Å²) in [5.74, 6) is -1.14. The lowest BCUT2D eigenvalue weighted by Gasteiger charge is -2.19. The van der Waals surface area contributed by atoms with E-state index in [4.69, 9.17) is 14.2 Å². The molecular weight excluding hydrogens is 480 g/mol. The van der Waals surface area contributed by atoms with E-state index in [1.165, 1.54) is 12.5 Å². The van der Waals surface area contributed by atoms with Crippen LogP contribution in [0.3, 0.4) is 0 Å². The summed E-state index contributed by atoms with van der Waals surface area (Å²) < 4.78 is 16.4. The molecule has 0 aliphatic heterocycles. The van der Waals surface area contributed by atoms with Crippen molar-refractivity contribution in [1.29, 1.82) is 0 Å². The average Bonchev–Trinajstić information content (AvgIpc) is 2.86. The maximum atomic E-state index is 12.4. The van der Waals surface area contributed by atoms with Gasteiger partial charge in [0.2, 0.25) is 0 Å². The Morgan fingerprint density at radius 1 is 0.632 bits per heavy atom. The molecule has 0 radical (unpaired) electrons. The summed E-state index contributed by atoms with van der Waals surface area (Å²) in [7, 11) is 0. The predicted molar refractivity (Wildman–Crippen MR) is 150 cm³/mol. The largest absolute Gasteiger partial charge is 0.423 e. The molecule has 6 heteroatoms. The smallest absolute Gasteiger partial charge is 0.338 e. The van der Waals surface area contributed by atoms with E-state index in [0.717, 1.165) is 42.4 Å². The Hall–Kier alpha value is -4.19. The van der Waals surface area contributed by atoms with Crippen molar-refractivity contribution in [2.45, 2.75) is 60.3 Å². The molecule has 200 valence electrons. The fourth-order valence-corrected chi connectivity index (χ4v) is 3.64. The van der Waals surface area contributed by atoms with Crippen LogP contribution in [0, 0.1) is 0 Å². The number of hydrogen-bond acceptors (Lipinski definition) is 6. The molecule has 0 atom stereocenters. The maximum Gasteiger partial charge on any atom is 0.338 e. The van der Waals surface area contributed by atoms with Crippen LogP contribution in [-0.2, 0) is 14.4 Å². The van der Waals surface area contributed by atoms with Gasteiger partial charge in [0.1, 0.15) is 5.75 Å². The molecule has 0 spiro atoms. The molecule has 0 aromatic heterocycles. The van der Waals surface area contributed by atoms with E-state index in [-0.39, 0.29) is 22.6 Å². The highest BCUT2D eigenvalue weighted by molar-refractivity contribution is 5.92. The molecule has 0 saturated heterocycles. The first-order valence-corrected chi connectivity index (χ1v) is 12.6. The molecule has 0 saturated carbocycles. The predicted octanol–water partition coefficient (Wildman–Crippen LogP) is 7.53. The van der Waals surface area contributed by atoms with E-state index >= 15 is 0 Å². The van der Waals surface area contributed by atoms with Crippen molar-refractivity contribution in [1.82, 2.24) is 0 Å². The van der Waals surface area contributed by atoms with Gasteiger partial charge in [0.25, 0.3) is 0 Å². The average molecular weight is 517 g/mol. The van der Waals surface area contributed by atoms with E-state index in [1.807, 2.05) is 18.2 Å². The SMILES string of the molecule is C=C(C)C(=O)Oc1ccc(C(=C(CCC)CCC)c2ccc(OC(=O)C(=C)C)c(OC(=O)C(=C)C)c2)cc1. The molecule has 6 nitrogen and oxygen atoms in total. The van der Waals surface area contributed by atoms with Crippen LogP contribution in [-0.4, -0.2) is 17.9 Å². The first-order valence-electron chi connectivity index (χ1n) is 12.6. The summed E-state index contributed by atoms with van der Waals surface area (Å²) in [6, 6.07) is 12.4. The summed E-state index contributed by atoms with van der Waals surface area (Å²) in [5, 5.41) is 0. The molecule has 2 aromatic rings. The summed E-state index contributed by atoms with van der Waals surface area (Å²) in [5.41, 5.74) is 4.62. The van der Waals surface area contributed by atoms with Gasteiger partial charge in [-0.15, -0.1) is 0 Å². The number of rotatable bonds is 12. The fraction of sp³-hybridized carbons (Fsp3) is 0.281. The Morgan fingerprint density at radius 3 is 1.55 bits per heavy atom. The third kappa shape index (κ3) is 8.17. The van der Waals surface area contributed by atoms with Crippen molar-refractivity contribution in [2.75, 3.05) is 0 Å². The second-order valence-electron chi connectivity index (χ2n) is 9.17. The van der Waals surface area contributed by atoms with Gasteiger partial charge in [0.05, 0.1) is 0 Å². The highest BCUT2D eigenvalue weighted by atomic mass is 16.6. The third-order valence-electron chi connectivity index (χ3n) is 5.49. The summed E-state index contributed by atoms with van der Waals surface area (Å²) in [4.78, 5) is 36.6. The van der Waals surface area contributed by atoms with Gasteiger partial charge < -0.3 is 14.2 Å². The molecule has 0 aliphatic rings. The van der Waals surface area contributed by atoms with Crippen LogP contribution in [0.1, 0.15) is 71.4 Å². The topological polar surface area (TPSA) is 78.9 Å². The summed E-state index contributed by atoms with van der Waals surface area (Å²) in [6.07, 6.45) is 3.61. The van der Waals surface area contributed by atoms with Crippen LogP contribution >= 0.6 is 0 Å². The molecule has 0 amide bonds.